The van der Waals surface area contributed by atoms with E-state index in [1.165, 1.54) is 30.4 Å². The number of hydrogen-bond acceptors (Lipinski definition) is 2. The molecule has 1 aromatic carbocycles. The van der Waals surface area contributed by atoms with Crippen LogP contribution >= 0.6 is 0 Å². The predicted octanol–water partition coefficient (Wildman–Crippen LogP) is 3.04. The van der Waals surface area contributed by atoms with Gasteiger partial charge in [0.1, 0.15) is 0 Å². The van der Waals surface area contributed by atoms with Crippen LogP contribution < -0.4 is 5.32 Å². The standard InChI is InChI=1S/C15H23NO/c1-12-5-3-6-13(9-12)11-16-14-7-4-8-15(10-14)17-2/h3,5-6,9,14-16H,4,7-8,10-11H2,1-2H3. The first-order valence-electron chi connectivity index (χ1n) is 6.59. The molecule has 0 radical (unpaired) electrons. The molecule has 0 aromatic heterocycles. The molecule has 0 heterocycles. The maximum atomic E-state index is 5.45. The van der Waals surface area contributed by atoms with Gasteiger partial charge < -0.3 is 10.1 Å². The summed E-state index contributed by atoms with van der Waals surface area (Å²) in [5, 5.41) is 3.65. The van der Waals surface area contributed by atoms with E-state index in [0.29, 0.717) is 12.1 Å². The topological polar surface area (TPSA) is 21.3 Å². The van der Waals surface area contributed by atoms with Crippen molar-refractivity contribution in [3.05, 3.63) is 35.4 Å². The van der Waals surface area contributed by atoms with Crippen molar-refractivity contribution in [2.75, 3.05) is 7.11 Å². The summed E-state index contributed by atoms with van der Waals surface area (Å²) in [5.41, 5.74) is 2.72. The van der Waals surface area contributed by atoms with Gasteiger partial charge >= 0.3 is 0 Å². The number of methoxy groups -OCH3 is 1. The van der Waals surface area contributed by atoms with Gasteiger partial charge in [-0.1, -0.05) is 29.8 Å². The second-order valence-corrected chi connectivity index (χ2v) is 5.09. The lowest BCUT2D eigenvalue weighted by Gasteiger charge is -2.29. The Hall–Kier alpha value is -0.860. The van der Waals surface area contributed by atoms with Gasteiger partial charge in [0.15, 0.2) is 0 Å². The van der Waals surface area contributed by atoms with Crippen molar-refractivity contribution in [2.24, 2.45) is 0 Å². The van der Waals surface area contributed by atoms with E-state index in [1.807, 2.05) is 7.11 Å². The minimum Gasteiger partial charge on any atom is -0.381 e. The molecule has 94 valence electrons. The highest BCUT2D eigenvalue weighted by Crippen LogP contribution is 2.21. The van der Waals surface area contributed by atoms with Gasteiger partial charge in [0.2, 0.25) is 0 Å². The van der Waals surface area contributed by atoms with Crippen LogP contribution in [-0.4, -0.2) is 19.3 Å². The number of ether oxygens (including phenoxy) is 1. The first kappa shape index (κ1) is 12.6. The normalized spacial score (nSPS) is 24.8. The van der Waals surface area contributed by atoms with Crippen molar-refractivity contribution >= 4 is 0 Å². The molecule has 2 rings (SSSR count). The summed E-state index contributed by atoms with van der Waals surface area (Å²) in [4.78, 5) is 0. The second-order valence-electron chi connectivity index (χ2n) is 5.09. The molecule has 1 saturated carbocycles. The Morgan fingerprint density at radius 2 is 2.24 bits per heavy atom. The first-order chi connectivity index (χ1) is 8.28. The quantitative estimate of drug-likeness (QED) is 0.863. The van der Waals surface area contributed by atoms with E-state index in [1.54, 1.807) is 0 Å². The minimum absolute atomic E-state index is 0.457. The SMILES string of the molecule is COC1CCCC(NCc2cccc(C)c2)C1. The van der Waals surface area contributed by atoms with Gasteiger partial charge in [-0.15, -0.1) is 0 Å². The monoisotopic (exact) mass is 233 g/mol. The molecular weight excluding hydrogens is 210 g/mol. The average Bonchev–Trinajstić information content (AvgIpc) is 2.37. The zero-order chi connectivity index (χ0) is 12.1. The molecule has 2 atom stereocenters. The summed E-state index contributed by atoms with van der Waals surface area (Å²) >= 11 is 0. The van der Waals surface area contributed by atoms with Crippen molar-refractivity contribution in [1.82, 2.24) is 5.32 Å². The number of aryl methyl sites for hydroxylation is 1. The molecule has 0 amide bonds. The third kappa shape index (κ3) is 3.83. The Morgan fingerprint density at radius 1 is 1.35 bits per heavy atom. The van der Waals surface area contributed by atoms with Crippen LogP contribution in [0.3, 0.4) is 0 Å². The molecule has 0 aliphatic heterocycles. The molecule has 1 aliphatic carbocycles. The third-order valence-corrected chi connectivity index (χ3v) is 3.64. The third-order valence-electron chi connectivity index (χ3n) is 3.64. The summed E-state index contributed by atoms with van der Waals surface area (Å²) in [6.45, 7) is 3.12. The van der Waals surface area contributed by atoms with Crippen LogP contribution in [-0.2, 0) is 11.3 Å². The summed E-state index contributed by atoms with van der Waals surface area (Å²) in [7, 11) is 1.83. The molecule has 1 N–H and O–H groups in total. The number of benzene rings is 1. The average molecular weight is 233 g/mol. The molecule has 2 unspecified atom stereocenters. The van der Waals surface area contributed by atoms with Crippen LogP contribution in [0.2, 0.25) is 0 Å². The van der Waals surface area contributed by atoms with Crippen LogP contribution in [0.4, 0.5) is 0 Å². The molecule has 0 spiro atoms. The smallest absolute Gasteiger partial charge is 0.0586 e. The zero-order valence-corrected chi connectivity index (χ0v) is 10.9. The van der Waals surface area contributed by atoms with Gasteiger partial charge in [-0.3, -0.25) is 0 Å². The van der Waals surface area contributed by atoms with Crippen LogP contribution in [0.5, 0.6) is 0 Å². The van der Waals surface area contributed by atoms with E-state index in [2.05, 4.69) is 36.5 Å². The second kappa shape index (κ2) is 6.18. The molecule has 0 bridgehead atoms. The van der Waals surface area contributed by atoms with Crippen LogP contribution in [0, 0.1) is 6.92 Å². The Balaban J connectivity index is 1.81. The highest BCUT2D eigenvalue weighted by Gasteiger charge is 2.20. The fourth-order valence-corrected chi connectivity index (χ4v) is 2.63. The van der Waals surface area contributed by atoms with Gasteiger partial charge in [-0.25, -0.2) is 0 Å². The van der Waals surface area contributed by atoms with Gasteiger partial charge in [0, 0.05) is 19.7 Å². The number of nitrogens with one attached hydrogen (secondary N) is 1. The zero-order valence-electron chi connectivity index (χ0n) is 10.9. The minimum atomic E-state index is 0.457. The Kier molecular flexibility index (Phi) is 4.57. The molecular formula is C15H23NO. The highest BCUT2D eigenvalue weighted by molar-refractivity contribution is 5.22. The Bertz CT molecular complexity index is 351. The van der Waals surface area contributed by atoms with Gasteiger partial charge in [-0.2, -0.15) is 0 Å². The van der Waals surface area contributed by atoms with Crippen LogP contribution in [0.25, 0.3) is 0 Å². The maximum absolute atomic E-state index is 5.45. The fourth-order valence-electron chi connectivity index (χ4n) is 2.63. The summed E-state index contributed by atoms with van der Waals surface area (Å²) in [6, 6.07) is 9.34. The lowest BCUT2D eigenvalue weighted by atomic mass is 9.92. The summed E-state index contributed by atoms with van der Waals surface area (Å²) in [5.74, 6) is 0. The Morgan fingerprint density at radius 3 is 3.00 bits per heavy atom. The van der Waals surface area contributed by atoms with Crippen LogP contribution in [0.15, 0.2) is 24.3 Å². The number of rotatable bonds is 4. The van der Waals surface area contributed by atoms with Gasteiger partial charge in [0.05, 0.1) is 6.10 Å². The van der Waals surface area contributed by atoms with E-state index in [9.17, 15) is 0 Å². The predicted molar refractivity (Wildman–Crippen MR) is 71.1 cm³/mol. The van der Waals surface area contributed by atoms with E-state index in [-0.39, 0.29) is 0 Å². The lowest BCUT2D eigenvalue weighted by molar-refractivity contribution is 0.0586. The van der Waals surface area contributed by atoms with E-state index < -0.39 is 0 Å². The van der Waals surface area contributed by atoms with Gasteiger partial charge in [0.25, 0.3) is 0 Å². The summed E-state index contributed by atoms with van der Waals surface area (Å²) in [6.07, 6.45) is 5.40. The lowest BCUT2D eigenvalue weighted by Crippen LogP contribution is -2.36. The first-order valence-corrected chi connectivity index (χ1v) is 6.59. The molecule has 0 saturated heterocycles. The maximum Gasteiger partial charge on any atom is 0.0586 e. The van der Waals surface area contributed by atoms with Crippen LogP contribution in [0.1, 0.15) is 36.8 Å². The van der Waals surface area contributed by atoms with Gasteiger partial charge in [-0.05, 0) is 38.2 Å². The van der Waals surface area contributed by atoms with Crippen molar-refractivity contribution < 1.29 is 4.74 Å². The Labute approximate surface area is 104 Å². The van der Waals surface area contributed by atoms with Crippen molar-refractivity contribution in [1.29, 1.82) is 0 Å². The van der Waals surface area contributed by atoms with Crippen molar-refractivity contribution in [3.8, 4) is 0 Å². The molecule has 1 aromatic rings. The number of hydrogen-bond donors (Lipinski definition) is 1. The largest absolute Gasteiger partial charge is 0.381 e. The molecule has 1 fully saturated rings. The molecule has 1 aliphatic rings. The summed E-state index contributed by atoms with van der Waals surface area (Å²) < 4.78 is 5.45. The van der Waals surface area contributed by atoms with E-state index in [4.69, 9.17) is 4.74 Å². The van der Waals surface area contributed by atoms with E-state index >= 15 is 0 Å². The highest BCUT2D eigenvalue weighted by atomic mass is 16.5. The molecule has 2 nitrogen and oxygen atoms in total. The molecule has 17 heavy (non-hydrogen) atoms. The fraction of sp³-hybridized carbons (Fsp3) is 0.600. The molecule has 2 heteroatoms. The van der Waals surface area contributed by atoms with Crippen molar-refractivity contribution in [2.45, 2.75) is 51.3 Å². The van der Waals surface area contributed by atoms with E-state index in [0.717, 1.165) is 13.0 Å². The van der Waals surface area contributed by atoms with Crippen molar-refractivity contribution in [3.63, 3.8) is 0 Å².